The number of methoxy groups -OCH3 is 1. The molecule has 6 heteroatoms. The molecule has 0 atom stereocenters. The van der Waals surface area contributed by atoms with E-state index in [0.29, 0.717) is 12.8 Å². The number of benzene rings is 1. The first-order valence-electron chi connectivity index (χ1n) is 5.92. The Morgan fingerprint density at radius 3 is 2.53 bits per heavy atom. The molecule has 1 aliphatic rings. The second-order valence-electron chi connectivity index (χ2n) is 4.55. The molecule has 102 valence electrons. The number of carboxylic acids is 1. The minimum absolute atomic E-state index is 0.00637. The smallest absolute Gasteiger partial charge is 0.329 e. The number of carboxylic acid groups (broad SMARTS) is 1. The van der Waals surface area contributed by atoms with Crippen molar-refractivity contribution < 1.29 is 24.5 Å². The van der Waals surface area contributed by atoms with Crippen LogP contribution >= 0.6 is 0 Å². The summed E-state index contributed by atoms with van der Waals surface area (Å²) in [4.78, 5) is 23.2. The van der Waals surface area contributed by atoms with E-state index in [-0.39, 0.29) is 17.1 Å². The standard InChI is InChI=1S/C13H15NO5/c1-19-9-5-2-4-8(10(9)15)11(16)14-13(12(17)18)6-3-7-13/h2,4-5,15H,3,6-7H2,1H3,(H,14,16)(H,17,18). The van der Waals surface area contributed by atoms with Crippen molar-refractivity contribution in [3.8, 4) is 11.5 Å². The number of amides is 1. The number of para-hydroxylation sites is 1. The maximum absolute atomic E-state index is 12.1. The molecule has 1 fully saturated rings. The van der Waals surface area contributed by atoms with Crippen LogP contribution in [-0.4, -0.2) is 34.7 Å². The summed E-state index contributed by atoms with van der Waals surface area (Å²) in [5, 5.41) is 21.5. The average Bonchev–Trinajstić information content (AvgIpc) is 2.33. The fraction of sp³-hybridized carbons (Fsp3) is 0.385. The topological polar surface area (TPSA) is 95.9 Å². The second kappa shape index (κ2) is 4.79. The van der Waals surface area contributed by atoms with Gasteiger partial charge in [-0.25, -0.2) is 4.79 Å². The van der Waals surface area contributed by atoms with E-state index in [1.54, 1.807) is 6.07 Å². The SMILES string of the molecule is COc1cccc(C(=O)NC2(C(=O)O)CCC2)c1O. The van der Waals surface area contributed by atoms with E-state index in [2.05, 4.69) is 5.32 Å². The number of hydrogen-bond donors (Lipinski definition) is 3. The van der Waals surface area contributed by atoms with Crippen molar-refractivity contribution in [1.29, 1.82) is 0 Å². The first-order valence-corrected chi connectivity index (χ1v) is 5.92. The van der Waals surface area contributed by atoms with Crippen LogP contribution in [0.25, 0.3) is 0 Å². The number of carbonyl (C=O) groups excluding carboxylic acids is 1. The zero-order valence-electron chi connectivity index (χ0n) is 10.5. The molecular formula is C13H15NO5. The molecule has 6 nitrogen and oxygen atoms in total. The minimum Gasteiger partial charge on any atom is -0.504 e. The van der Waals surface area contributed by atoms with Gasteiger partial charge in [0.05, 0.1) is 12.7 Å². The predicted molar refractivity (Wildman–Crippen MR) is 66.3 cm³/mol. The van der Waals surface area contributed by atoms with E-state index in [0.717, 1.165) is 6.42 Å². The van der Waals surface area contributed by atoms with Gasteiger partial charge in [-0.3, -0.25) is 4.79 Å². The van der Waals surface area contributed by atoms with Gasteiger partial charge >= 0.3 is 5.97 Å². The second-order valence-corrected chi connectivity index (χ2v) is 4.55. The van der Waals surface area contributed by atoms with Gasteiger partial charge in [0.2, 0.25) is 0 Å². The highest BCUT2D eigenvalue weighted by Gasteiger charge is 2.46. The normalized spacial score (nSPS) is 16.3. The molecule has 0 saturated heterocycles. The lowest BCUT2D eigenvalue weighted by molar-refractivity contribution is -0.148. The molecule has 1 saturated carbocycles. The lowest BCUT2D eigenvalue weighted by Crippen LogP contribution is -2.59. The summed E-state index contributed by atoms with van der Waals surface area (Å²) in [6.45, 7) is 0. The summed E-state index contributed by atoms with van der Waals surface area (Å²) in [7, 11) is 1.38. The van der Waals surface area contributed by atoms with Gasteiger partial charge in [-0.1, -0.05) is 6.07 Å². The van der Waals surface area contributed by atoms with Crippen LogP contribution in [0.4, 0.5) is 0 Å². The molecular weight excluding hydrogens is 250 g/mol. The summed E-state index contributed by atoms with van der Waals surface area (Å²) in [5.41, 5.74) is -1.20. The van der Waals surface area contributed by atoms with Crippen LogP contribution in [0.15, 0.2) is 18.2 Å². The van der Waals surface area contributed by atoms with Crippen LogP contribution in [0.1, 0.15) is 29.6 Å². The first-order chi connectivity index (χ1) is 9.00. The fourth-order valence-electron chi connectivity index (χ4n) is 2.08. The van der Waals surface area contributed by atoms with Gasteiger partial charge in [-0.05, 0) is 31.4 Å². The van der Waals surface area contributed by atoms with E-state index >= 15 is 0 Å². The third-order valence-electron chi connectivity index (χ3n) is 3.43. The van der Waals surface area contributed by atoms with E-state index in [1.165, 1.54) is 19.2 Å². The largest absolute Gasteiger partial charge is 0.504 e. The molecule has 3 N–H and O–H groups in total. The maximum Gasteiger partial charge on any atom is 0.329 e. The molecule has 2 rings (SSSR count). The van der Waals surface area contributed by atoms with Gasteiger partial charge in [0.15, 0.2) is 11.5 Å². The third kappa shape index (κ3) is 2.21. The van der Waals surface area contributed by atoms with Crippen molar-refractivity contribution >= 4 is 11.9 Å². The van der Waals surface area contributed by atoms with Crippen molar-refractivity contribution in [2.24, 2.45) is 0 Å². The molecule has 19 heavy (non-hydrogen) atoms. The molecule has 0 heterocycles. The Hall–Kier alpha value is -2.24. The van der Waals surface area contributed by atoms with E-state index in [9.17, 15) is 14.7 Å². The van der Waals surface area contributed by atoms with Crippen LogP contribution in [0.5, 0.6) is 11.5 Å². The first kappa shape index (κ1) is 13.2. The molecule has 1 aromatic rings. The van der Waals surface area contributed by atoms with Gasteiger partial charge in [0.25, 0.3) is 5.91 Å². The summed E-state index contributed by atoms with van der Waals surface area (Å²) >= 11 is 0. The summed E-state index contributed by atoms with van der Waals surface area (Å²) in [5.74, 6) is -1.78. The number of rotatable bonds is 4. The lowest BCUT2D eigenvalue weighted by atomic mass is 9.76. The van der Waals surface area contributed by atoms with Crippen LogP contribution in [-0.2, 0) is 4.79 Å². The molecule has 0 aliphatic heterocycles. The predicted octanol–water partition coefficient (Wildman–Crippen LogP) is 1.14. The number of phenols is 1. The molecule has 1 aliphatic carbocycles. The molecule has 0 aromatic heterocycles. The summed E-state index contributed by atoms with van der Waals surface area (Å²) in [6, 6.07) is 4.49. The Kier molecular flexibility index (Phi) is 3.33. The highest BCUT2D eigenvalue weighted by Crippen LogP contribution is 2.34. The Balaban J connectivity index is 2.23. The summed E-state index contributed by atoms with van der Waals surface area (Å²) < 4.78 is 4.91. The maximum atomic E-state index is 12.1. The Bertz CT molecular complexity index is 522. The zero-order valence-corrected chi connectivity index (χ0v) is 10.5. The third-order valence-corrected chi connectivity index (χ3v) is 3.43. The summed E-state index contributed by atoms with van der Waals surface area (Å²) in [6.07, 6.45) is 1.56. The number of hydrogen-bond acceptors (Lipinski definition) is 4. The molecule has 0 unspecified atom stereocenters. The Morgan fingerprint density at radius 2 is 2.05 bits per heavy atom. The van der Waals surface area contributed by atoms with E-state index in [1.807, 2.05) is 0 Å². The Morgan fingerprint density at radius 1 is 1.37 bits per heavy atom. The van der Waals surface area contributed by atoms with Crippen molar-refractivity contribution in [1.82, 2.24) is 5.32 Å². The zero-order chi connectivity index (χ0) is 14.0. The van der Waals surface area contributed by atoms with Crippen LogP contribution in [0.3, 0.4) is 0 Å². The van der Waals surface area contributed by atoms with Crippen LogP contribution < -0.4 is 10.1 Å². The number of ether oxygens (including phenoxy) is 1. The minimum atomic E-state index is -1.20. The lowest BCUT2D eigenvalue weighted by Gasteiger charge is -2.38. The number of phenolic OH excluding ortho intramolecular Hbond substituents is 1. The van der Waals surface area contributed by atoms with Gasteiger partial charge in [0.1, 0.15) is 5.54 Å². The Labute approximate surface area is 110 Å². The van der Waals surface area contributed by atoms with E-state index in [4.69, 9.17) is 9.84 Å². The van der Waals surface area contributed by atoms with Crippen LogP contribution in [0, 0.1) is 0 Å². The number of aromatic hydroxyl groups is 1. The van der Waals surface area contributed by atoms with Crippen LogP contribution in [0.2, 0.25) is 0 Å². The quantitative estimate of drug-likeness (QED) is 0.758. The fourth-order valence-corrected chi connectivity index (χ4v) is 2.08. The van der Waals surface area contributed by atoms with Crippen molar-refractivity contribution in [3.63, 3.8) is 0 Å². The molecule has 0 spiro atoms. The number of aliphatic carboxylic acids is 1. The monoisotopic (exact) mass is 265 g/mol. The highest BCUT2D eigenvalue weighted by atomic mass is 16.5. The number of carbonyl (C=O) groups is 2. The number of nitrogens with one attached hydrogen (secondary N) is 1. The van der Waals surface area contributed by atoms with Gasteiger partial charge < -0.3 is 20.3 Å². The molecule has 1 amide bonds. The van der Waals surface area contributed by atoms with Gasteiger partial charge in [-0.2, -0.15) is 0 Å². The van der Waals surface area contributed by atoms with Crippen molar-refractivity contribution in [2.45, 2.75) is 24.8 Å². The van der Waals surface area contributed by atoms with Gasteiger partial charge in [0, 0.05) is 0 Å². The molecule has 1 aromatic carbocycles. The van der Waals surface area contributed by atoms with E-state index < -0.39 is 17.4 Å². The molecule has 0 bridgehead atoms. The van der Waals surface area contributed by atoms with Crippen molar-refractivity contribution in [3.05, 3.63) is 23.8 Å². The molecule has 0 radical (unpaired) electrons. The van der Waals surface area contributed by atoms with Crippen molar-refractivity contribution in [2.75, 3.05) is 7.11 Å². The highest BCUT2D eigenvalue weighted by molar-refractivity contribution is 6.00. The average molecular weight is 265 g/mol. The van der Waals surface area contributed by atoms with Gasteiger partial charge in [-0.15, -0.1) is 0 Å².